The van der Waals surface area contributed by atoms with Gasteiger partial charge in [-0.2, -0.15) is 0 Å². The second kappa shape index (κ2) is 4.66. The van der Waals surface area contributed by atoms with Gasteiger partial charge in [-0.1, -0.05) is 6.07 Å². The molecule has 3 N–H and O–H groups in total. The van der Waals surface area contributed by atoms with Crippen molar-refractivity contribution >= 4 is 17.7 Å². The zero-order valence-corrected chi connectivity index (χ0v) is 10.0. The number of rotatable bonds is 3. The number of carboxylic acids is 1. The van der Waals surface area contributed by atoms with Gasteiger partial charge in [0.15, 0.2) is 0 Å². The van der Waals surface area contributed by atoms with Crippen LogP contribution >= 0.6 is 11.8 Å². The maximum absolute atomic E-state index is 13.0. The minimum atomic E-state index is -1.11. The molecule has 0 spiro atoms. The van der Waals surface area contributed by atoms with Gasteiger partial charge in [0.2, 0.25) is 0 Å². The Morgan fingerprint density at radius 2 is 2.35 bits per heavy atom. The maximum Gasteiger partial charge on any atom is 0.323 e. The van der Waals surface area contributed by atoms with Crippen molar-refractivity contribution in [1.29, 1.82) is 0 Å². The van der Waals surface area contributed by atoms with Gasteiger partial charge in [0.25, 0.3) is 0 Å². The van der Waals surface area contributed by atoms with Crippen molar-refractivity contribution in [2.75, 3.05) is 0 Å². The summed E-state index contributed by atoms with van der Waals surface area (Å²) in [6, 6.07) is 6.33. The van der Waals surface area contributed by atoms with Crippen LogP contribution in [0.1, 0.15) is 19.3 Å². The van der Waals surface area contributed by atoms with Gasteiger partial charge in [-0.3, -0.25) is 4.79 Å². The quantitative estimate of drug-likeness (QED) is 0.869. The van der Waals surface area contributed by atoms with Crippen LogP contribution in [-0.4, -0.2) is 21.9 Å². The van der Waals surface area contributed by atoms with E-state index in [1.165, 1.54) is 23.9 Å². The third-order valence-electron chi connectivity index (χ3n) is 3.03. The van der Waals surface area contributed by atoms with Crippen molar-refractivity contribution in [1.82, 2.24) is 0 Å². The molecule has 1 aromatic rings. The van der Waals surface area contributed by atoms with Crippen LogP contribution in [-0.2, 0) is 4.79 Å². The maximum atomic E-state index is 13.0. The molecule has 2 atom stereocenters. The number of benzene rings is 1. The first-order chi connectivity index (χ1) is 7.99. The third-order valence-corrected chi connectivity index (χ3v) is 4.29. The van der Waals surface area contributed by atoms with Crippen LogP contribution in [0.5, 0.6) is 0 Å². The Balaban J connectivity index is 2.01. The first-order valence-corrected chi connectivity index (χ1v) is 6.32. The second-order valence-corrected chi connectivity index (χ2v) is 5.78. The molecule has 1 saturated carbocycles. The number of thioether (sulfide) groups is 1. The van der Waals surface area contributed by atoms with Gasteiger partial charge < -0.3 is 10.8 Å². The van der Waals surface area contributed by atoms with Crippen LogP contribution in [0, 0.1) is 5.82 Å². The van der Waals surface area contributed by atoms with Crippen molar-refractivity contribution in [3.63, 3.8) is 0 Å². The average Bonchev–Trinajstić information content (AvgIpc) is 2.61. The number of halogens is 1. The Labute approximate surface area is 103 Å². The summed E-state index contributed by atoms with van der Waals surface area (Å²) in [5, 5.41) is 9.16. The number of carbonyl (C=O) groups is 1. The molecule has 3 nitrogen and oxygen atoms in total. The number of hydrogen-bond donors (Lipinski definition) is 2. The topological polar surface area (TPSA) is 63.3 Å². The zero-order valence-electron chi connectivity index (χ0n) is 9.23. The van der Waals surface area contributed by atoms with Crippen LogP contribution in [0.3, 0.4) is 0 Å². The van der Waals surface area contributed by atoms with E-state index in [9.17, 15) is 9.18 Å². The highest BCUT2D eigenvalue weighted by Crippen LogP contribution is 2.39. The van der Waals surface area contributed by atoms with Gasteiger partial charge in [0.1, 0.15) is 11.4 Å². The Morgan fingerprint density at radius 1 is 1.59 bits per heavy atom. The summed E-state index contributed by atoms with van der Waals surface area (Å²) < 4.78 is 13.0. The second-order valence-electron chi connectivity index (χ2n) is 4.40. The van der Waals surface area contributed by atoms with Crippen molar-refractivity contribution in [2.45, 2.75) is 34.9 Å². The van der Waals surface area contributed by atoms with E-state index in [1.807, 2.05) is 6.07 Å². The summed E-state index contributed by atoms with van der Waals surface area (Å²) in [6.45, 7) is 0. The molecule has 1 fully saturated rings. The van der Waals surface area contributed by atoms with E-state index in [0.29, 0.717) is 12.8 Å². The molecule has 1 aromatic carbocycles. The highest BCUT2D eigenvalue weighted by molar-refractivity contribution is 8.00. The molecular weight excluding hydrogens is 241 g/mol. The molecule has 0 aliphatic heterocycles. The lowest BCUT2D eigenvalue weighted by atomic mass is 10.0. The Bertz CT molecular complexity index is 440. The monoisotopic (exact) mass is 255 g/mol. The zero-order chi connectivity index (χ0) is 12.5. The van der Waals surface area contributed by atoms with Crippen molar-refractivity contribution in [3.05, 3.63) is 30.1 Å². The van der Waals surface area contributed by atoms with Crippen LogP contribution < -0.4 is 5.73 Å². The number of aliphatic carboxylic acids is 1. The van der Waals surface area contributed by atoms with E-state index >= 15 is 0 Å². The minimum Gasteiger partial charge on any atom is -0.480 e. The molecule has 0 radical (unpaired) electrons. The van der Waals surface area contributed by atoms with Crippen LogP contribution in [0.25, 0.3) is 0 Å². The van der Waals surface area contributed by atoms with Gasteiger partial charge >= 0.3 is 5.97 Å². The highest BCUT2D eigenvalue weighted by atomic mass is 32.2. The number of hydrogen-bond acceptors (Lipinski definition) is 3. The van der Waals surface area contributed by atoms with Gasteiger partial charge in [0.05, 0.1) is 0 Å². The SMILES string of the molecule is NC1(C(=O)O)CCC(Sc2cccc(F)c2)C1. The lowest BCUT2D eigenvalue weighted by Crippen LogP contribution is -2.45. The average molecular weight is 255 g/mol. The van der Waals surface area contributed by atoms with E-state index in [1.54, 1.807) is 6.07 Å². The summed E-state index contributed by atoms with van der Waals surface area (Å²) in [5.41, 5.74) is 4.68. The van der Waals surface area contributed by atoms with E-state index in [4.69, 9.17) is 10.8 Å². The van der Waals surface area contributed by atoms with Crippen molar-refractivity contribution in [3.8, 4) is 0 Å². The van der Waals surface area contributed by atoms with Crippen molar-refractivity contribution < 1.29 is 14.3 Å². The van der Waals surface area contributed by atoms with E-state index in [2.05, 4.69) is 0 Å². The Morgan fingerprint density at radius 3 is 2.94 bits per heavy atom. The van der Waals surface area contributed by atoms with Crippen LogP contribution in [0.4, 0.5) is 4.39 Å². The lowest BCUT2D eigenvalue weighted by molar-refractivity contribution is -0.143. The van der Waals surface area contributed by atoms with Gasteiger partial charge in [-0.15, -0.1) is 11.8 Å². The van der Waals surface area contributed by atoms with E-state index < -0.39 is 11.5 Å². The van der Waals surface area contributed by atoms with Crippen molar-refractivity contribution in [2.24, 2.45) is 5.73 Å². The standard InChI is InChI=1S/C12H14FNO2S/c13-8-2-1-3-9(6-8)17-10-4-5-12(14,7-10)11(15)16/h1-3,6,10H,4-5,7,14H2,(H,15,16). The fourth-order valence-corrected chi connectivity index (χ4v) is 3.40. The first-order valence-electron chi connectivity index (χ1n) is 5.44. The summed E-state index contributed by atoms with van der Waals surface area (Å²) >= 11 is 1.50. The molecule has 92 valence electrons. The summed E-state index contributed by atoms with van der Waals surface area (Å²) in [4.78, 5) is 11.8. The largest absolute Gasteiger partial charge is 0.480 e. The molecule has 2 unspecified atom stereocenters. The lowest BCUT2D eigenvalue weighted by Gasteiger charge is -2.17. The van der Waals surface area contributed by atoms with Gasteiger partial charge in [-0.25, -0.2) is 4.39 Å². The first kappa shape index (κ1) is 12.4. The molecule has 5 heteroatoms. The molecule has 1 aliphatic rings. The van der Waals surface area contributed by atoms with Gasteiger partial charge in [-0.05, 0) is 37.5 Å². The molecule has 0 aromatic heterocycles. The number of nitrogens with two attached hydrogens (primary N) is 1. The smallest absolute Gasteiger partial charge is 0.323 e. The molecule has 0 amide bonds. The summed E-state index contributed by atoms with van der Waals surface area (Å²) in [7, 11) is 0. The van der Waals surface area contributed by atoms with E-state index in [0.717, 1.165) is 11.3 Å². The molecule has 0 saturated heterocycles. The Hall–Kier alpha value is -1.07. The molecule has 0 bridgehead atoms. The van der Waals surface area contributed by atoms with Crippen LogP contribution in [0.15, 0.2) is 29.2 Å². The van der Waals surface area contributed by atoms with E-state index in [-0.39, 0.29) is 11.1 Å². The minimum absolute atomic E-state index is 0.151. The normalized spacial score (nSPS) is 28.2. The fraction of sp³-hybridized carbons (Fsp3) is 0.417. The number of carboxylic acid groups (broad SMARTS) is 1. The molecule has 17 heavy (non-hydrogen) atoms. The summed E-state index contributed by atoms with van der Waals surface area (Å²) in [5.74, 6) is -1.22. The fourth-order valence-electron chi connectivity index (χ4n) is 2.06. The predicted molar refractivity (Wildman–Crippen MR) is 64.5 cm³/mol. The summed E-state index contributed by atoms with van der Waals surface area (Å²) in [6.07, 6.45) is 1.67. The molecule has 1 aliphatic carbocycles. The highest BCUT2D eigenvalue weighted by Gasteiger charge is 2.42. The predicted octanol–water partition coefficient (Wildman–Crippen LogP) is 2.25. The molecule has 2 rings (SSSR count). The molecule has 0 heterocycles. The molecular formula is C12H14FNO2S. The van der Waals surface area contributed by atoms with Crippen LogP contribution in [0.2, 0.25) is 0 Å². The van der Waals surface area contributed by atoms with Gasteiger partial charge in [0, 0.05) is 10.1 Å². The Kier molecular flexibility index (Phi) is 3.40. The third kappa shape index (κ3) is 2.79.